The first kappa shape index (κ1) is 21.5. The lowest BCUT2D eigenvalue weighted by Gasteiger charge is -2.19. The summed E-state index contributed by atoms with van der Waals surface area (Å²) in [4.78, 5) is 37.8. The number of para-hydroxylation sites is 2. The van der Waals surface area contributed by atoms with Crippen LogP contribution in [0.5, 0.6) is 0 Å². The molecule has 0 bridgehead atoms. The molecule has 2 rings (SSSR count). The zero-order valence-corrected chi connectivity index (χ0v) is 16.7. The van der Waals surface area contributed by atoms with Crippen LogP contribution in [0.1, 0.15) is 6.42 Å². The molecule has 4 N–H and O–H groups in total. The fraction of sp³-hybridized carbons (Fsp3) is 0.200. The molecule has 28 heavy (non-hydrogen) atoms. The topological polar surface area (TPSA) is 138 Å². The SMILES string of the molecule is O=CC(CC(=O)NNC(=S)Nc1ccccc1[N+](=O)[O-])C(S)Nc1nccs1. The van der Waals surface area contributed by atoms with Gasteiger partial charge in [-0.15, -0.1) is 11.3 Å². The molecule has 10 nitrogen and oxygen atoms in total. The van der Waals surface area contributed by atoms with Crippen molar-refractivity contribution in [1.29, 1.82) is 0 Å². The van der Waals surface area contributed by atoms with Crippen LogP contribution >= 0.6 is 36.2 Å². The maximum Gasteiger partial charge on any atom is 0.292 e. The van der Waals surface area contributed by atoms with Gasteiger partial charge in [0.1, 0.15) is 12.0 Å². The van der Waals surface area contributed by atoms with Crippen molar-refractivity contribution >= 4 is 70.0 Å². The summed E-state index contributed by atoms with van der Waals surface area (Å²) in [6.07, 6.45) is 2.07. The van der Waals surface area contributed by atoms with E-state index in [0.29, 0.717) is 11.4 Å². The number of hydrogen-bond donors (Lipinski definition) is 5. The third kappa shape index (κ3) is 6.44. The number of hydrogen-bond acceptors (Lipinski definition) is 9. The van der Waals surface area contributed by atoms with Gasteiger partial charge in [0.2, 0.25) is 5.91 Å². The minimum absolute atomic E-state index is 0.0476. The van der Waals surface area contributed by atoms with E-state index in [4.69, 9.17) is 12.2 Å². The molecule has 0 fully saturated rings. The van der Waals surface area contributed by atoms with Gasteiger partial charge in [0.15, 0.2) is 10.2 Å². The zero-order valence-electron chi connectivity index (χ0n) is 14.2. The highest BCUT2D eigenvalue weighted by molar-refractivity contribution is 7.81. The smallest absolute Gasteiger partial charge is 0.292 e. The van der Waals surface area contributed by atoms with E-state index in [0.717, 1.165) is 0 Å². The Morgan fingerprint density at radius 3 is 2.79 bits per heavy atom. The van der Waals surface area contributed by atoms with E-state index >= 15 is 0 Å². The Morgan fingerprint density at radius 2 is 2.14 bits per heavy atom. The van der Waals surface area contributed by atoms with Crippen molar-refractivity contribution in [2.45, 2.75) is 11.8 Å². The Labute approximate surface area is 174 Å². The summed E-state index contributed by atoms with van der Waals surface area (Å²) >= 11 is 10.6. The van der Waals surface area contributed by atoms with Crippen molar-refractivity contribution in [2.75, 3.05) is 10.6 Å². The molecule has 0 radical (unpaired) electrons. The van der Waals surface area contributed by atoms with E-state index < -0.39 is 22.1 Å². The monoisotopic (exact) mass is 440 g/mol. The van der Waals surface area contributed by atoms with E-state index in [1.807, 2.05) is 0 Å². The number of thiol groups is 1. The van der Waals surface area contributed by atoms with Crippen LogP contribution in [0.3, 0.4) is 0 Å². The first-order valence-corrected chi connectivity index (χ1v) is 9.59. The van der Waals surface area contributed by atoms with Gasteiger partial charge in [0, 0.05) is 24.1 Å². The number of carbonyl (C=O) groups is 2. The predicted octanol–water partition coefficient (Wildman–Crippen LogP) is 1.94. The van der Waals surface area contributed by atoms with Crippen molar-refractivity contribution in [3.05, 3.63) is 46.0 Å². The summed E-state index contributed by atoms with van der Waals surface area (Å²) in [5, 5.41) is 18.2. The average molecular weight is 441 g/mol. The van der Waals surface area contributed by atoms with Gasteiger partial charge in [-0.2, -0.15) is 12.6 Å². The van der Waals surface area contributed by atoms with Gasteiger partial charge in [0.05, 0.1) is 16.2 Å². The number of nitro groups is 1. The molecular weight excluding hydrogens is 424 g/mol. The molecule has 2 aromatic rings. The Hall–Kier alpha value is -2.77. The molecule has 0 saturated carbocycles. The second kappa shape index (κ2) is 10.5. The summed E-state index contributed by atoms with van der Waals surface area (Å²) in [5.74, 6) is -1.23. The molecule has 1 aromatic carbocycles. The van der Waals surface area contributed by atoms with Gasteiger partial charge in [-0.1, -0.05) is 12.1 Å². The van der Waals surface area contributed by atoms with Gasteiger partial charge < -0.3 is 15.4 Å². The quantitative estimate of drug-likeness (QED) is 0.104. The van der Waals surface area contributed by atoms with Crippen LogP contribution in [0.15, 0.2) is 35.8 Å². The minimum atomic E-state index is -0.717. The number of nitro benzene ring substituents is 1. The molecule has 0 aliphatic carbocycles. The van der Waals surface area contributed by atoms with Crippen LogP contribution in [0, 0.1) is 16.0 Å². The standard InChI is InChI=1S/C15H16N6O4S3/c22-8-9(13(26)18-15-16-5-6-28-15)7-12(23)19-20-14(27)17-10-3-1-2-4-11(10)21(24)25/h1-6,8-9,13,26H,7H2,(H,16,18)(H,19,23)(H2,17,20,27). The highest BCUT2D eigenvalue weighted by Crippen LogP contribution is 2.23. The second-order valence-corrected chi connectivity index (χ2v) is 7.19. The van der Waals surface area contributed by atoms with Gasteiger partial charge in [0.25, 0.3) is 5.69 Å². The van der Waals surface area contributed by atoms with Crippen LogP contribution in [0.4, 0.5) is 16.5 Å². The van der Waals surface area contributed by atoms with Crippen LogP contribution in [-0.4, -0.2) is 32.6 Å². The third-order valence-corrected chi connectivity index (χ3v) is 4.79. The molecule has 1 aromatic heterocycles. The maximum absolute atomic E-state index is 12.0. The fourth-order valence-corrected chi connectivity index (χ4v) is 3.16. The highest BCUT2D eigenvalue weighted by Gasteiger charge is 2.22. The summed E-state index contributed by atoms with van der Waals surface area (Å²) < 4.78 is 0. The Morgan fingerprint density at radius 1 is 1.39 bits per heavy atom. The van der Waals surface area contributed by atoms with Crippen molar-refractivity contribution in [2.24, 2.45) is 5.92 Å². The number of rotatable bonds is 8. The van der Waals surface area contributed by atoms with Gasteiger partial charge in [-0.05, 0) is 18.3 Å². The minimum Gasteiger partial charge on any atom is -0.349 e. The average Bonchev–Trinajstić information content (AvgIpc) is 3.17. The molecule has 1 heterocycles. The molecule has 0 aliphatic rings. The first-order chi connectivity index (χ1) is 13.4. The highest BCUT2D eigenvalue weighted by atomic mass is 32.1. The Balaban J connectivity index is 1.83. The third-order valence-electron chi connectivity index (χ3n) is 3.37. The number of anilines is 2. The van der Waals surface area contributed by atoms with Crippen LogP contribution < -0.4 is 21.5 Å². The molecule has 1 amide bonds. The molecular formula is C15H16N6O4S3. The largest absolute Gasteiger partial charge is 0.349 e. The fourth-order valence-electron chi connectivity index (χ4n) is 2.05. The lowest BCUT2D eigenvalue weighted by molar-refractivity contribution is -0.383. The number of amides is 1. The number of nitrogens with zero attached hydrogens (tertiary/aromatic N) is 2. The summed E-state index contributed by atoms with van der Waals surface area (Å²) in [6.45, 7) is 0. The number of benzene rings is 1. The zero-order chi connectivity index (χ0) is 20.5. The second-order valence-electron chi connectivity index (χ2n) is 5.33. The van der Waals surface area contributed by atoms with Crippen molar-refractivity contribution in [1.82, 2.24) is 15.8 Å². The van der Waals surface area contributed by atoms with Crippen molar-refractivity contribution in [3.8, 4) is 0 Å². The number of hydrazine groups is 1. The summed E-state index contributed by atoms with van der Waals surface area (Å²) in [6, 6.07) is 5.93. The molecule has 0 saturated heterocycles. The normalized spacial score (nSPS) is 12.3. The van der Waals surface area contributed by atoms with Gasteiger partial charge in [-0.3, -0.25) is 25.8 Å². The van der Waals surface area contributed by atoms with E-state index in [-0.39, 0.29) is 22.9 Å². The van der Waals surface area contributed by atoms with Crippen LogP contribution in [0.2, 0.25) is 0 Å². The van der Waals surface area contributed by atoms with Gasteiger partial charge in [-0.25, -0.2) is 4.98 Å². The Bertz CT molecular complexity index is 848. The molecule has 0 aliphatic heterocycles. The summed E-state index contributed by atoms with van der Waals surface area (Å²) in [7, 11) is 0. The number of carbonyl (C=O) groups excluding carboxylic acids is 2. The van der Waals surface area contributed by atoms with E-state index in [2.05, 4.69) is 39.1 Å². The van der Waals surface area contributed by atoms with Crippen molar-refractivity contribution < 1.29 is 14.5 Å². The molecule has 0 spiro atoms. The first-order valence-electron chi connectivity index (χ1n) is 7.79. The number of thiazole rings is 1. The number of aldehydes is 1. The summed E-state index contributed by atoms with van der Waals surface area (Å²) in [5.41, 5.74) is 4.78. The molecule has 148 valence electrons. The number of thiocarbonyl (C=S) groups is 1. The predicted molar refractivity (Wildman–Crippen MR) is 113 cm³/mol. The Kier molecular flexibility index (Phi) is 8.10. The van der Waals surface area contributed by atoms with Crippen LogP contribution in [0.25, 0.3) is 0 Å². The number of aromatic nitrogens is 1. The van der Waals surface area contributed by atoms with Crippen molar-refractivity contribution in [3.63, 3.8) is 0 Å². The van der Waals surface area contributed by atoms with E-state index in [1.165, 1.54) is 29.5 Å². The molecule has 2 atom stereocenters. The number of nitrogens with one attached hydrogen (secondary N) is 4. The maximum atomic E-state index is 12.0. The van der Waals surface area contributed by atoms with Gasteiger partial charge >= 0.3 is 0 Å². The lowest BCUT2D eigenvalue weighted by atomic mass is 10.1. The lowest BCUT2D eigenvalue weighted by Crippen LogP contribution is -2.45. The van der Waals surface area contributed by atoms with E-state index in [1.54, 1.807) is 17.6 Å². The molecule has 13 heteroatoms. The van der Waals surface area contributed by atoms with Crippen LogP contribution in [-0.2, 0) is 9.59 Å². The van der Waals surface area contributed by atoms with E-state index in [9.17, 15) is 19.7 Å². The molecule has 2 unspecified atom stereocenters.